The molecule has 12 heavy (non-hydrogen) atoms. The highest BCUT2D eigenvalue weighted by Crippen LogP contribution is 2.18. The number of ether oxygens (including phenoxy) is 1. The molecular weight excluding hydrogens is 150 g/mol. The third kappa shape index (κ3) is 2.76. The number of hydrogen-bond acceptors (Lipinski definition) is 2. The fourth-order valence-corrected chi connectivity index (χ4v) is 1.74. The maximum Gasteiger partial charge on any atom is 0.0706 e. The maximum absolute atomic E-state index is 5.77. The SMILES string of the molecule is CC(C)O[C@H]1CC[C@H](C)N(C)C1. The van der Waals surface area contributed by atoms with Gasteiger partial charge < -0.3 is 9.64 Å². The Morgan fingerprint density at radius 1 is 1.33 bits per heavy atom. The van der Waals surface area contributed by atoms with Crippen LogP contribution >= 0.6 is 0 Å². The largest absolute Gasteiger partial charge is 0.374 e. The molecule has 0 spiro atoms. The number of piperidine rings is 1. The second kappa shape index (κ2) is 4.24. The van der Waals surface area contributed by atoms with Gasteiger partial charge in [0.15, 0.2) is 0 Å². The molecule has 0 unspecified atom stereocenters. The molecule has 0 radical (unpaired) electrons. The zero-order valence-electron chi connectivity index (χ0n) is 8.71. The molecule has 0 N–H and O–H groups in total. The third-order valence-corrected chi connectivity index (χ3v) is 2.62. The minimum atomic E-state index is 0.372. The average Bonchev–Trinajstić information content (AvgIpc) is 1.96. The summed E-state index contributed by atoms with van der Waals surface area (Å²) in [5, 5.41) is 0. The number of likely N-dealkylation sites (N-methyl/N-ethyl adjacent to an activating group) is 1. The summed E-state index contributed by atoms with van der Waals surface area (Å²) in [5.41, 5.74) is 0. The van der Waals surface area contributed by atoms with Gasteiger partial charge in [-0.15, -0.1) is 0 Å². The fourth-order valence-electron chi connectivity index (χ4n) is 1.74. The summed E-state index contributed by atoms with van der Waals surface area (Å²) < 4.78 is 5.77. The van der Waals surface area contributed by atoms with Crippen molar-refractivity contribution < 1.29 is 4.74 Å². The molecule has 2 nitrogen and oxygen atoms in total. The highest BCUT2D eigenvalue weighted by atomic mass is 16.5. The molecule has 1 aliphatic rings. The lowest BCUT2D eigenvalue weighted by atomic mass is 10.0. The Hall–Kier alpha value is -0.0800. The molecule has 0 saturated carbocycles. The van der Waals surface area contributed by atoms with Crippen LogP contribution in [0.1, 0.15) is 33.6 Å². The lowest BCUT2D eigenvalue weighted by Gasteiger charge is -2.35. The zero-order chi connectivity index (χ0) is 9.14. The van der Waals surface area contributed by atoms with E-state index in [0.29, 0.717) is 12.2 Å². The van der Waals surface area contributed by atoms with E-state index in [1.165, 1.54) is 12.8 Å². The summed E-state index contributed by atoms with van der Waals surface area (Å²) in [7, 11) is 2.18. The number of rotatable bonds is 2. The highest BCUT2D eigenvalue weighted by molar-refractivity contribution is 4.77. The van der Waals surface area contributed by atoms with E-state index in [1.54, 1.807) is 0 Å². The summed E-state index contributed by atoms with van der Waals surface area (Å²) in [6, 6.07) is 0.733. The number of nitrogens with zero attached hydrogens (tertiary/aromatic N) is 1. The zero-order valence-corrected chi connectivity index (χ0v) is 8.71. The Morgan fingerprint density at radius 2 is 2.00 bits per heavy atom. The van der Waals surface area contributed by atoms with Crippen LogP contribution in [0.2, 0.25) is 0 Å². The molecule has 0 aromatic carbocycles. The quantitative estimate of drug-likeness (QED) is 0.629. The van der Waals surface area contributed by atoms with Crippen LogP contribution in [-0.4, -0.2) is 36.7 Å². The highest BCUT2D eigenvalue weighted by Gasteiger charge is 2.23. The van der Waals surface area contributed by atoms with Crippen LogP contribution in [0.25, 0.3) is 0 Å². The normalized spacial score (nSPS) is 32.8. The van der Waals surface area contributed by atoms with Crippen molar-refractivity contribution in [2.75, 3.05) is 13.6 Å². The predicted molar refractivity (Wildman–Crippen MR) is 51.3 cm³/mol. The summed E-state index contributed by atoms with van der Waals surface area (Å²) in [6.07, 6.45) is 3.33. The molecule has 2 heteroatoms. The van der Waals surface area contributed by atoms with Crippen molar-refractivity contribution in [2.24, 2.45) is 0 Å². The Kier molecular flexibility index (Phi) is 3.53. The van der Waals surface area contributed by atoms with E-state index in [1.807, 2.05) is 0 Å². The Labute approximate surface area is 75.9 Å². The topological polar surface area (TPSA) is 12.5 Å². The van der Waals surface area contributed by atoms with E-state index in [2.05, 4.69) is 32.7 Å². The monoisotopic (exact) mass is 171 g/mol. The molecule has 0 aromatic rings. The van der Waals surface area contributed by atoms with Gasteiger partial charge in [-0.25, -0.2) is 0 Å². The second-order valence-electron chi connectivity index (χ2n) is 4.17. The van der Waals surface area contributed by atoms with E-state index in [0.717, 1.165) is 12.6 Å². The van der Waals surface area contributed by atoms with Gasteiger partial charge >= 0.3 is 0 Å². The van der Waals surface area contributed by atoms with E-state index >= 15 is 0 Å². The van der Waals surface area contributed by atoms with Gasteiger partial charge in [-0.1, -0.05) is 0 Å². The van der Waals surface area contributed by atoms with Crippen LogP contribution in [0.5, 0.6) is 0 Å². The van der Waals surface area contributed by atoms with Crippen molar-refractivity contribution in [3.63, 3.8) is 0 Å². The first-order valence-corrected chi connectivity index (χ1v) is 4.95. The minimum absolute atomic E-state index is 0.372. The lowest BCUT2D eigenvalue weighted by molar-refractivity contribution is -0.0391. The predicted octanol–water partition coefficient (Wildman–Crippen LogP) is 1.89. The summed E-state index contributed by atoms with van der Waals surface area (Å²) in [5.74, 6) is 0. The molecule has 2 atom stereocenters. The lowest BCUT2D eigenvalue weighted by Crippen LogP contribution is -2.43. The Balaban J connectivity index is 2.30. The van der Waals surface area contributed by atoms with Gasteiger partial charge in [0.1, 0.15) is 0 Å². The van der Waals surface area contributed by atoms with E-state index in [-0.39, 0.29) is 0 Å². The molecular formula is C10H21NO. The van der Waals surface area contributed by atoms with Gasteiger partial charge in [-0.3, -0.25) is 0 Å². The van der Waals surface area contributed by atoms with Gasteiger partial charge in [0.2, 0.25) is 0 Å². The molecule has 0 aromatic heterocycles. The maximum atomic E-state index is 5.77. The number of hydrogen-bond donors (Lipinski definition) is 0. The molecule has 1 saturated heterocycles. The van der Waals surface area contributed by atoms with Gasteiger partial charge in [0.25, 0.3) is 0 Å². The average molecular weight is 171 g/mol. The molecule has 1 heterocycles. The first-order chi connectivity index (χ1) is 5.59. The van der Waals surface area contributed by atoms with Crippen molar-refractivity contribution in [3.8, 4) is 0 Å². The Bertz CT molecular complexity index is 136. The molecule has 1 aliphatic heterocycles. The van der Waals surface area contributed by atoms with Gasteiger partial charge in [-0.2, -0.15) is 0 Å². The fraction of sp³-hybridized carbons (Fsp3) is 1.00. The van der Waals surface area contributed by atoms with Gasteiger partial charge in [0, 0.05) is 12.6 Å². The number of likely N-dealkylation sites (tertiary alicyclic amines) is 1. The van der Waals surface area contributed by atoms with Crippen molar-refractivity contribution in [2.45, 2.75) is 51.9 Å². The molecule has 0 aliphatic carbocycles. The Morgan fingerprint density at radius 3 is 2.50 bits per heavy atom. The first-order valence-electron chi connectivity index (χ1n) is 4.95. The van der Waals surface area contributed by atoms with Gasteiger partial charge in [-0.05, 0) is 40.7 Å². The standard InChI is InChI=1S/C10H21NO/c1-8(2)12-10-6-5-9(3)11(4)7-10/h8-10H,5-7H2,1-4H3/t9-,10-/m0/s1. The smallest absolute Gasteiger partial charge is 0.0706 e. The van der Waals surface area contributed by atoms with Crippen LogP contribution < -0.4 is 0 Å². The van der Waals surface area contributed by atoms with Crippen molar-refractivity contribution in [1.82, 2.24) is 4.90 Å². The van der Waals surface area contributed by atoms with Crippen molar-refractivity contribution >= 4 is 0 Å². The van der Waals surface area contributed by atoms with Crippen LogP contribution in [0.15, 0.2) is 0 Å². The van der Waals surface area contributed by atoms with E-state index < -0.39 is 0 Å². The first kappa shape index (κ1) is 10.0. The third-order valence-electron chi connectivity index (χ3n) is 2.62. The summed E-state index contributed by atoms with van der Waals surface area (Å²) in [6.45, 7) is 7.60. The molecule has 0 bridgehead atoms. The van der Waals surface area contributed by atoms with Crippen LogP contribution in [0.4, 0.5) is 0 Å². The molecule has 1 rings (SSSR count). The molecule has 72 valence electrons. The molecule has 0 amide bonds. The van der Waals surface area contributed by atoms with Crippen LogP contribution in [-0.2, 0) is 4.74 Å². The van der Waals surface area contributed by atoms with Crippen molar-refractivity contribution in [1.29, 1.82) is 0 Å². The van der Waals surface area contributed by atoms with E-state index in [9.17, 15) is 0 Å². The van der Waals surface area contributed by atoms with Crippen molar-refractivity contribution in [3.05, 3.63) is 0 Å². The second-order valence-corrected chi connectivity index (χ2v) is 4.17. The summed E-state index contributed by atoms with van der Waals surface area (Å²) in [4.78, 5) is 2.39. The van der Waals surface area contributed by atoms with Gasteiger partial charge in [0.05, 0.1) is 12.2 Å². The molecule has 1 fully saturated rings. The van der Waals surface area contributed by atoms with Crippen LogP contribution in [0.3, 0.4) is 0 Å². The minimum Gasteiger partial charge on any atom is -0.374 e. The van der Waals surface area contributed by atoms with Crippen LogP contribution in [0, 0.1) is 0 Å². The van der Waals surface area contributed by atoms with E-state index in [4.69, 9.17) is 4.74 Å². The summed E-state index contributed by atoms with van der Waals surface area (Å²) >= 11 is 0.